The topological polar surface area (TPSA) is 198 Å². The van der Waals surface area contributed by atoms with Crippen molar-refractivity contribution in [2.24, 2.45) is 5.41 Å². The number of aliphatic carboxylic acids is 1. The van der Waals surface area contributed by atoms with Crippen LogP contribution in [0.25, 0.3) is 0 Å². The van der Waals surface area contributed by atoms with E-state index < -0.39 is 11.4 Å². The van der Waals surface area contributed by atoms with Crippen LogP contribution in [0.4, 0.5) is 0 Å². The van der Waals surface area contributed by atoms with Crippen molar-refractivity contribution >= 4 is 36.3 Å². The van der Waals surface area contributed by atoms with E-state index in [-0.39, 0.29) is 37.0 Å². The summed E-state index contributed by atoms with van der Waals surface area (Å²) in [6.07, 6.45) is 24.7. The van der Waals surface area contributed by atoms with Gasteiger partial charge in [-0.25, -0.2) is 0 Å². The first-order chi connectivity index (χ1) is 29.3. The zero-order valence-corrected chi connectivity index (χ0v) is 37.6. The molecule has 14 nitrogen and oxygen atoms in total. The number of hydrogen-bond acceptors (Lipinski definition) is 10. The Morgan fingerprint density at radius 1 is 0.450 bits per heavy atom. The van der Waals surface area contributed by atoms with E-state index in [1.165, 1.54) is 0 Å². The molecule has 0 rings (SSSR count). The van der Waals surface area contributed by atoms with Crippen molar-refractivity contribution in [3.05, 3.63) is 0 Å². The molecule has 0 saturated carbocycles. The Balaban J connectivity index is 4.36. The molecule has 0 aromatic rings. The van der Waals surface area contributed by atoms with Crippen LogP contribution in [0, 0.1) is 5.41 Å². The van der Waals surface area contributed by atoms with Gasteiger partial charge in [-0.2, -0.15) is 0 Å². The van der Waals surface area contributed by atoms with Gasteiger partial charge >= 0.3 is 5.97 Å². The fourth-order valence-electron chi connectivity index (χ4n) is 6.59. The van der Waals surface area contributed by atoms with E-state index in [2.05, 4.69) is 28.2 Å². The van der Waals surface area contributed by atoms with Crippen LogP contribution in [-0.4, -0.2) is 114 Å². The van der Waals surface area contributed by atoms with Gasteiger partial charge in [-0.05, 0) is 77.3 Å². The highest BCUT2D eigenvalue weighted by Gasteiger charge is 2.30. The van der Waals surface area contributed by atoms with Gasteiger partial charge in [0.2, 0.25) is 17.7 Å². The molecule has 0 spiro atoms. The molecule has 14 heteroatoms. The molecule has 0 heterocycles. The van der Waals surface area contributed by atoms with Crippen LogP contribution < -0.4 is 21.3 Å². The summed E-state index contributed by atoms with van der Waals surface area (Å²) in [5, 5.41) is 21.1. The van der Waals surface area contributed by atoms with Gasteiger partial charge in [0, 0.05) is 70.2 Å². The minimum Gasteiger partial charge on any atom is -0.481 e. The molecular weight excluding hydrogens is 769 g/mol. The summed E-state index contributed by atoms with van der Waals surface area (Å²) in [4.78, 5) is 68.2. The monoisotopic (exact) mass is 855 g/mol. The molecule has 0 aliphatic carbocycles. The number of carbonyl (C=O) groups excluding carboxylic acids is 5. The van der Waals surface area contributed by atoms with Crippen LogP contribution in [0.3, 0.4) is 0 Å². The lowest BCUT2D eigenvalue weighted by Crippen LogP contribution is -2.38. The van der Waals surface area contributed by atoms with Crippen molar-refractivity contribution < 1.29 is 48.1 Å². The minimum atomic E-state index is -0.740. The van der Waals surface area contributed by atoms with E-state index in [1.807, 2.05) is 0 Å². The first kappa shape index (κ1) is 57.1. The third-order valence-corrected chi connectivity index (χ3v) is 10.6. The third kappa shape index (κ3) is 40.5. The normalized spacial score (nSPS) is 11.3. The molecule has 0 bridgehead atoms. The quantitative estimate of drug-likeness (QED) is 0.0312. The Hall–Kier alpha value is -2.94. The molecule has 0 atom stereocenters. The lowest BCUT2D eigenvalue weighted by atomic mass is 9.88. The number of rotatable bonds is 48. The number of hydrogen-bond donors (Lipinski definition) is 5. The third-order valence-electron chi connectivity index (χ3n) is 10.6. The summed E-state index contributed by atoms with van der Waals surface area (Å²) in [5.74, 6) is -0.692. The van der Waals surface area contributed by atoms with Gasteiger partial charge in [-0.15, -0.1) is 0 Å². The van der Waals surface area contributed by atoms with Crippen LogP contribution in [0.2, 0.25) is 0 Å². The minimum absolute atomic E-state index is 0.0310. The molecule has 0 aromatic carbocycles. The molecule has 0 aliphatic heterocycles. The Morgan fingerprint density at radius 3 is 1.27 bits per heavy atom. The van der Waals surface area contributed by atoms with Crippen molar-refractivity contribution in [1.82, 2.24) is 21.3 Å². The first-order valence-corrected chi connectivity index (χ1v) is 23.6. The van der Waals surface area contributed by atoms with Crippen molar-refractivity contribution in [3.63, 3.8) is 0 Å². The molecule has 350 valence electrons. The van der Waals surface area contributed by atoms with Crippen LogP contribution in [-0.2, 0) is 43.0 Å². The van der Waals surface area contributed by atoms with E-state index in [0.717, 1.165) is 160 Å². The SMILES string of the molecule is CCC(COCCCNCCCCCCC(=O)NCCCCCCCC(=O)O)(COCCC(=O)NCCCCCCCC=O)COCCC(=O)NCCCCCCCC=O. The number of ether oxygens (including phenoxy) is 3. The Morgan fingerprint density at radius 2 is 0.817 bits per heavy atom. The molecule has 0 saturated heterocycles. The highest BCUT2D eigenvalue weighted by molar-refractivity contribution is 5.76. The lowest BCUT2D eigenvalue weighted by Gasteiger charge is -2.32. The zero-order chi connectivity index (χ0) is 44.0. The second-order valence-electron chi connectivity index (χ2n) is 16.2. The maximum absolute atomic E-state index is 12.4. The van der Waals surface area contributed by atoms with Crippen LogP contribution >= 0.6 is 0 Å². The van der Waals surface area contributed by atoms with Gasteiger partial charge in [0.25, 0.3) is 0 Å². The number of carbonyl (C=O) groups is 6. The average molecular weight is 855 g/mol. The standard InChI is InChI=1S/C46H86N4O10/c1-2-46(40-59-37-27-43(54)49-32-19-10-3-5-14-22-34-51,41-60-38-28-44(55)50-33-20-11-4-6-15-23-35-52)39-58-36-24-30-47-29-18-13-9-16-25-42(53)48-31-21-12-7-8-17-26-45(56)57/h34-35,47H,2-33,36-41H2,1H3,(H,48,53)(H,49,54)(H,50,55)(H,56,57). The molecule has 0 aromatic heterocycles. The predicted octanol–water partition coefficient (Wildman–Crippen LogP) is 7.00. The van der Waals surface area contributed by atoms with E-state index >= 15 is 0 Å². The van der Waals surface area contributed by atoms with Crippen molar-refractivity contribution in [2.75, 3.05) is 72.4 Å². The second-order valence-corrected chi connectivity index (χ2v) is 16.2. The summed E-state index contributed by atoms with van der Waals surface area (Å²) in [7, 11) is 0. The van der Waals surface area contributed by atoms with Gasteiger partial charge < -0.3 is 50.2 Å². The highest BCUT2D eigenvalue weighted by Crippen LogP contribution is 2.24. The summed E-state index contributed by atoms with van der Waals surface area (Å²) >= 11 is 0. The number of carboxylic acids is 1. The fourth-order valence-corrected chi connectivity index (χ4v) is 6.59. The maximum Gasteiger partial charge on any atom is 0.303 e. The molecule has 0 fully saturated rings. The zero-order valence-electron chi connectivity index (χ0n) is 37.6. The number of unbranched alkanes of at least 4 members (excludes halogenated alkanes) is 17. The Kier molecular flexibility index (Phi) is 42.0. The summed E-state index contributed by atoms with van der Waals surface area (Å²) in [5.41, 5.74) is -0.407. The molecular formula is C46H86N4O10. The highest BCUT2D eigenvalue weighted by atomic mass is 16.5. The van der Waals surface area contributed by atoms with E-state index in [4.69, 9.17) is 19.3 Å². The first-order valence-electron chi connectivity index (χ1n) is 23.6. The molecule has 0 unspecified atom stereocenters. The second kappa shape index (κ2) is 44.1. The molecule has 5 N–H and O–H groups in total. The average Bonchev–Trinajstić information content (AvgIpc) is 3.23. The van der Waals surface area contributed by atoms with Gasteiger partial charge in [0.15, 0.2) is 0 Å². The fraction of sp³-hybridized carbons (Fsp3) is 0.870. The number of amides is 3. The van der Waals surface area contributed by atoms with E-state index in [9.17, 15) is 28.8 Å². The van der Waals surface area contributed by atoms with Gasteiger partial charge in [-0.3, -0.25) is 19.2 Å². The predicted molar refractivity (Wildman–Crippen MR) is 237 cm³/mol. The molecule has 3 amide bonds. The van der Waals surface area contributed by atoms with Crippen molar-refractivity contribution in [2.45, 2.75) is 180 Å². The van der Waals surface area contributed by atoms with Gasteiger partial charge in [0.05, 0.1) is 33.0 Å². The summed E-state index contributed by atoms with van der Waals surface area (Å²) in [6, 6.07) is 0. The van der Waals surface area contributed by atoms with Crippen molar-refractivity contribution in [3.8, 4) is 0 Å². The summed E-state index contributed by atoms with van der Waals surface area (Å²) in [6.45, 7) is 8.23. The Bertz CT molecular complexity index is 1020. The van der Waals surface area contributed by atoms with Crippen LogP contribution in [0.5, 0.6) is 0 Å². The Labute approximate surface area is 362 Å². The maximum atomic E-state index is 12.4. The molecule has 60 heavy (non-hydrogen) atoms. The van der Waals surface area contributed by atoms with Gasteiger partial charge in [-0.1, -0.05) is 77.6 Å². The van der Waals surface area contributed by atoms with Crippen LogP contribution in [0.15, 0.2) is 0 Å². The van der Waals surface area contributed by atoms with Crippen LogP contribution in [0.1, 0.15) is 180 Å². The number of carboxylic acid groups (broad SMARTS) is 1. The smallest absolute Gasteiger partial charge is 0.303 e. The molecule has 0 aliphatic rings. The van der Waals surface area contributed by atoms with Crippen molar-refractivity contribution in [1.29, 1.82) is 0 Å². The number of nitrogens with one attached hydrogen (secondary N) is 4. The van der Waals surface area contributed by atoms with Gasteiger partial charge in [0.1, 0.15) is 12.6 Å². The van der Waals surface area contributed by atoms with E-state index in [0.29, 0.717) is 78.5 Å². The van der Waals surface area contributed by atoms with E-state index in [1.54, 1.807) is 0 Å². The summed E-state index contributed by atoms with van der Waals surface area (Å²) < 4.78 is 18.2. The molecule has 0 radical (unpaired) electrons. The number of aldehydes is 2. The largest absolute Gasteiger partial charge is 0.481 e. The lowest BCUT2D eigenvalue weighted by molar-refractivity contribution is -0.137.